The third kappa shape index (κ3) is 4.82. The van der Waals surface area contributed by atoms with E-state index in [1.54, 1.807) is 0 Å². The van der Waals surface area contributed by atoms with E-state index in [-0.39, 0.29) is 29.9 Å². The van der Waals surface area contributed by atoms with Gasteiger partial charge in [0, 0.05) is 25.0 Å². The number of esters is 1. The van der Waals surface area contributed by atoms with Gasteiger partial charge in [0.05, 0.1) is 6.61 Å². The summed E-state index contributed by atoms with van der Waals surface area (Å²) in [6.07, 6.45) is 1.78. The van der Waals surface area contributed by atoms with E-state index in [9.17, 15) is 9.59 Å². The highest BCUT2D eigenvalue weighted by Crippen LogP contribution is 2.14. The van der Waals surface area contributed by atoms with Crippen molar-refractivity contribution in [2.75, 3.05) is 19.7 Å². The Labute approximate surface area is 115 Å². The van der Waals surface area contributed by atoms with Gasteiger partial charge in [0.25, 0.3) is 0 Å². The largest absolute Gasteiger partial charge is 0.465 e. The lowest BCUT2D eigenvalue weighted by Crippen LogP contribution is -2.50. The minimum absolute atomic E-state index is 0.0245. The van der Waals surface area contributed by atoms with Gasteiger partial charge < -0.3 is 10.1 Å². The molecule has 5 nitrogen and oxygen atoms in total. The summed E-state index contributed by atoms with van der Waals surface area (Å²) < 4.78 is 5.03. The maximum absolute atomic E-state index is 11.7. The predicted molar refractivity (Wildman–Crippen MR) is 73.7 cm³/mol. The van der Waals surface area contributed by atoms with Crippen LogP contribution < -0.4 is 5.32 Å². The first-order chi connectivity index (χ1) is 8.95. The van der Waals surface area contributed by atoms with Crippen molar-refractivity contribution in [2.24, 2.45) is 5.92 Å². The van der Waals surface area contributed by atoms with E-state index in [1.807, 2.05) is 27.7 Å². The van der Waals surface area contributed by atoms with Gasteiger partial charge in [-0.25, -0.2) is 0 Å². The lowest BCUT2D eigenvalue weighted by Gasteiger charge is -2.35. The fourth-order valence-corrected chi connectivity index (χ4v) is 2.21. The van der Waals surface area contributed by atoms with Crippen molar-refractivity contribution in [1.29, 1.82) is 0 Å². The van der Waals surface area contributed by atoms with E-state index in [4.69, 9.17) is 4.74 Å². The van der Waals surface area contributed by atoms with Gasteiger partial charge in [0.15, 0.2) is 0 Å². The summed E-state index contributed by atoms with van der Waals surface area (Å²) in [6.45, 7) is 9.56. The van der Waals surface area contributed by atoms with Crippen LogP contribution in [0.1, 0.15) is 40.5 Å². The minimum atomic E-state index is -0.193. The van der Waals surface area contributed by atoms with Crippen molar-refractivity contribution in [3.05, 3.63) is 0 Å². The second-order valence-corrected chi connectivity index (χ2v) is 5.40. The summed E-state index contributed by atoms with van der Waals surface area (Å²) in [5, 5.41) is 3.05. The van der Waals surface area contributed by atoms with Crippen molar-refractivity contribution in [2.45, 2.75) is 52.6 Å². The maximum atomic E-state index is 11.7. The average Bonchev–Trinajstić information content (AvgIpc) is 2.39. The van der Waals surface area contributed by atoms with E-state index in [0.717, 1.165) is 25.9 Å². The van der Waals surface area contributed by atoms with Gasteiger partial charge in [-0.2, -0.15) is 0 Å². The van der Waals surface area contributed by atoms with Gasteiger partial charge in [0.1, 0.15) is 6.04 Å². The Morgan fingerprint density at radius 2 is 1.84 bits per heavy atom. The number of ether oxygens (including phenoxy) is 1. The van der Waals surface area contributed by atoms with Gasteiger partial charge in [-0.1, -0.05) is 13.8 Å². The highest BCUT2D eigenvalue weighted by Gasteiger charge is 2.28. The third-order valence-electron chi connectivity index (χ3n) is 3.58. The molecule has 0 aliphatic carbocycles. The maximum Gasteiger partial charge on any atom is 0.323 e. The minimum Gasteiger partial charge on any atom is -0.465 e. The Balaban J connectivity index is 2.36. The summed E-state index contributed by atoms with van der Waals surface area (Å²) in [5.41, 5.74) is 0. The molecular formula is C14H26N2O3. The fraction of sp³-hybridized carbons (Fsp3) is 0.857. The van der Waals surface area contributed by atoms with Crippen LogP contribution in [-0.2, 0) is 14.3 Å². The Morgan fingerprint density at radius 3 is 2.32 bits per heavy atom. The number of piperidine rings is 1. The summed E-state index contributed by atoms with van der Waals surface area (Å²) in [5.74, 6) is -0.0273. The molecule has 110 valence electrons. The van der Waals surface area contributed by atoms with Gasteiger partial charge in [-0.3, -0.25) is 14.5 Å². The fourth-order valence-electron chi connectivity index (χ4n) is 2.21. The van der Waals surface area contributed by atoms with Crippen molar-refractivity contribution < 1.29 is 14.3 Å². The molecule has 19 heavy (non-hydrogen) atoms. The van der Waals surface area contributed by atoms with Crippen LogP contribution in [0.25, 0.3) is 0 Å². The number of hydrogen-bond donors (Lipinski definition) is 1. The molecule has 1 amide bonds. The molecule has 0 radical (unpaired) electrons. The first-order valence-corrected chi connectivity index (χ1v) is 7.16. The molecule has 0 unspecified atom stereocenters. The Bertz CT molecular complexity index is 310. The Hall–Kier alpha value is -1.10. The summed E-state index contributed by atoms with van der Waals surface area (Å²) >= 11 is 0. The van der Waals surface area contributed by atoms with E-state index in [0.29, 0.717) is 6.61 Å². The van der Waals surface area contributed by atoms with Crippen LogP contribution in [0.4, 0.5) is 0 Å². The predicted octanol–water partition coefficient (Wildman–Crippen LogP) is 1.17. The zero-order valence-electron chi connectivity index (χ0n) is 12.4. The van der Waals surface area contributed by atoms with Gasteiger partial charge in [-0.05, 0) is 26.7 Å². The second-order valence-electron chi connectivity index (χ2n) is 5.40. The topological polar surface area (TPSA) is 58.6 Å². The number of carbonyl (C=O) groups excluding carboxylic acids is 2. The standard InChI is InChI=1S/C14H26N2O3/c1-5-19-14(18)11(4)16-8-6-12(7-9-16)15-13(17)10(2)3/h10-12H,5-9H2,1-4H3,(H,15,17)/t11-/m1/s1. The van der Waals surface area contributed by atoms with Crippen LogP contribution in [0.3, 0.4) is 0 Å². The molecular weight excluding hydrogens is 244 g/mol. The molecule has 1 N–H and O–H groups in total. The second kappa shape index (κ2) is 7.48. The zero-order chi connectivity index (χ0) is 14.4. The molecule has 0 saturated carbocycles. The lowest BCUT2D eigenvalue weighted by molar-refractivity contribution is -0.149. The molecule has 1 aliphatic rings. The number of nitrogens with zero attached hydrogens (tertiary/aromatic N) is 1. The van der Waals surface area contributed by atoms with E-state index in [2.05, 4.69) is 10.2 Å². The third-order valence-corrected chi connectivity index (χ3v) is 3.58. The van der Waals surface area contributed by atoms with E-state index >= 15 is 0 Å². The van der Waals surface area contributed by atoms with Crippen LogP contribution in [0, 0.1) is 5.92 Å². The number of rotatable bonds is 5. The van der Waals surface area contributed by atoms with Crippen molar-refractivity contribution >= 4 is 11.9 Å². The van der Waals surface area contributed by atoms with Gasteiger partial charge >= 0.3 is 5.97 Å². The molecule has 0 bridgehead atoms. The van der Waals surface area contributed by atoms with Crippen molar-refractivity contribution in [3.63, 3.8) is 0 Å². The molecule has 1 aliphatic heterocycles. The molecule has 0 aromatic rings. The SMILES string of the molecule is CCOC(=O)[C@@H](C)N1CCC(NC(=O)C(C)C)CC1. The normalized spacial score (nSPS) is 19.2. The Morgan fingerprint density at radius 1 is 1.26 bits per heavy atom. The van der Waals surface area contributed by atoms with Crippen LogP contribution in [0.5, 0.6) is 0 Å². The highest BCUT2D eigenvalue weighted by molar-refractivity contribution is 5.78. The summed E-state index contributed by atoms with van der Waals surface area (Å²) in [7, 11) is 0. The summed E-state index contributed by atoms with van der Waals surface area (Å²) in [6, 6.07) is 0.0437. The number of hydrogen-bond acceptors (Lipinski definition) is 4. The van der Waals surface area contributed by atoms with Crippen molar-refractivity contribution in [1.82, 2.24) is 10.2 Å². The Kier molecular flexibility index (Phi) is 6.28. The molecule has 0 aromatic carbocycles. The molecule has 1 atom stereocenters. The van der Waals surface area contributed by atoms with E-state index in [1.165, 1.54) is 0 Å². The molecule has 1 saturated heterocycles. The van der Waals surface area contributed by atoms with Crippen LogP contribution in [0.2, 0.25) is 0 Å². The van der Waals surface area contributed by atoms with E-state index < -0.39 is 0 Å². The lowest BCUT2D eigenvalue weighted by atomic mass is 10.0. The van der Waals surface area contributed by atoms with Crippen LogP contribution in [0.15, 0.2) is 0 Å². The van der Waals surface area contributed by atoms with Crippen LogP contribution in [-0.4, -0.2) is 48.6 Å². The summed E-state index contributed by atoms with van der Waals surface area (Å²) in [4.78, 5) is 25.4. The van der Waals surface area contributed by atoms with Crippen molar-refractivity contribution in [3.8, 4) is 0 Å². The molecule has 0 spiro atoms. The number of likely N-dealkylation sites (tertiary alicyclic amines) is 1. The zero-order valence-corrected chi connectivity index (χ0v) is 12.4. The average molecular weight is 270 g/mol. The van der Waals surface area contributed by atoms with Gasteiger partial charge in [-0.15, -0.1) is 0 Å². The first kappa shape index (κ1) is 16.0. The molecule has 0 aromatic heterocycles. The number of carbonyl (C=O) groups is 2. The smallest absolute Gasteiger partial charge is 0.323 e. The van der Waals surface area contributed by atoms with Gasteiger partial charge in [0.2, 0.25) is 5.91 Å². The molecule has 5 heteroatoms. The number of amides is 1. The molecule has 1 heterocycles. The monoisotopic (exact) mass is 270 g/mol. The van der Waals surface area contributed by atoms with Crippen LogP contribution >= 0.6 is 0 Å². The quantitative estimate of drug-likeness (QED) is 0.762. The first-order valence-electron chi connectivity index (χ1n) is 7.16. The molecule has 1 rings (SSSR count). The highest BCUT2D eigenvalue weighted by atomic mass is 16.5. The molecule has 1 fully saturated rings. The number of nitrogens with one attached hydrogen (secondary N) is 1.